The third-order valence-corrected chi connectivity index (χ3v) is 2.63. The molecular weight excluding hydrogens is 269 g/mol. The maximum absolute atomic E-state index is 13.5. The number of ether oxygens (including phenoxy) is 1. The highest BCUT2D eigenvalue weighted by molar-refractivity contribution is 8.00. The molecule has 0 bridgehead atoms. The Morgan fingerprint density at radius 1 is 1.06 bits per heavy atom. The van der Waals surface area contributed by atoms with Gasteiger partial charge in [-0.15, -0.1) is 11.8 Å². The maximum atomic E-state index is 13.5. The van der Waals surface area contributed by atoms with Crippen molar-refractivity contribution in [3.8, 4) is 0 Å². The molecule has 0 aliphatic rings. The van der Waals surface area contributed by atoms with Gasteiger partial charge in [0.2, 0.25) is 0 Å². The van der Waals surface area contributed by atoms with Crippen LogP contribution in [0.25, 0.3) is 0 Å². The van der Waals surface area contributed by atoms with Crippen LogP contribution in [-0.2, 0) is 4.74 Å². The van der Waals surface area contributed by atoms with Crippen LogP contribution in [0, 0.1) is 0 Å². The summed E-state index contributed by atoms with van der Waals surface area (Å²) in [5, 5.41) is -4.83. The van der Waals surface area contributed by atoms with Gasteiger partial charge in [-0.25, -0.2) is 4.39 Å². The highest BCUT2D eigenvalue weighted by Gasteiger charge is 2.73. The zero-order valence-electron chi connectivity index (χ0n) is 9.37. The molecule has 1 atom stereocenters. The van der Waals surface area contributed by atoms with Crippen molar-refractivity contribution in [2.24, 2.45) is 0 Å². The molecule has 0 aromatic carbocycles. The molecule has 0 heterocycles. The normalized spacial score (nSPS) is 17.9. The zero-order valence-corrected chi connectivity index (χ0v) is 10.2. The van der Waals surface area contributed by atoms with Crippen LogP contribution in [0.5, 0.6) is 0 Å². The van der Waals surface area contributed by atoms with E-state index < -0.39 is 40.3 Å². The number of alkyl halides is 6. The molecule has 2 radical (unpaired) electrons. The molecule has 1 nitrogen and oxygen atoms in total. The largest absolute Gasteiger partial charge is 0.441 e. The van der Waals surface area contributed by atoms with E-state index in [4.69, 9.17) is 7.85 Å². The van der Waals surface area contributed by atoms with Gasteiger partial charge >= 0.3 is 17.3 Å². The molecular formula is C8H11BF6OS. The molecule has 0 aromatic rings. The van der Waals surface area contributed by atoms with E-state index >= 15 is 0 Å². The van der Waals surface area contributed by atoms with Gasteiger partial charge in [0.15, 0.2) is 0 Å². The lowest BCUT2D eigenvalue weighted by Gasteiger charge is -2.37. The Labute approximate surface area is 101 Å². The second-order valence-corrected chi connectivity index (χ2v) is 5.18. The van der Waals surface area contributed by atoms with E-state index in [2.05, 4.69) is 4.74 Å². The summed E-state index contributed by atoms with van der Waals surface area (Å²) in [5.74, 6) is -0.500. The van der Waals surface area contributed by atoms with Gasteiger partial charge in [0, 0.05) is 5.50 Å². The lowest BCUT2D eigenvalue weighted by atomic mass is 9.85. The van der Waals surface area contributed by atoms with Crippen LogP contribution in [0.3, 0.4) is 0 Å². The number of halogens is 6. The first-order valence-corrected chi connectivity index (χ1v) is 5.52. The van der Waals surface area contributed by atoms with Gasteiger partial charge in [0.1, 0.15) is 7.85 Å². The summed E-state index contributed by atoms with van der Waals surface area (Å²) in [7, 11) is 5.01. The third kappa shape index (κ3) is 3.98. The maximum Gasteiger partial charge on any atom is 0.441 e. The molecule has 0 aliphatic carbocycles. The average molecular weight is 280 g/mol. The summed E-state index contributed by atoms with van der Waals surface area (Å²) in [6, 6.07) is 0. The molecule has 0 aliphatic heterocycles. The Kier molecular flexibility index (Phi) is 4.90. The fourth-order valence-corrected chi connectivity index (χ4v) is 1.70. The lowest BCUT2D eigenvalue weighted by molar-refractivity contribution is -0.364. The minimum atomic E-state index is -5.78. The van der Waals surface area contributed by atoms with Crippen LogP contribution < -0.4 is 0 Å². The number of hydrogen-bond donors (Lipinski definition) is 0. The SMILES string of the molecule is [B]C(C)(C)OC(F)(F)C(F)(SCC)C(F)(F)F. The van der Waals surface area contributed by atoms with E-state index in [9.17, 15) is 26.3 Å². The summed E-state index contributed by atoms with van der Waals surface area (Å²) in [6.45, 7) is 2.91. The van der Waals surface area contributed by atoms with Gasteiger partial charge in [0.25, 0.3) is 0 Å². The molecule has 1 unspecified atom stereocenters. The molecule has 0 rings (SSSR count). The van der Waals surface area contributed by atoms with E-state index in [1.165, 1.54) is 0 Å². The van der Waals surface area contributed by atoms with Crippen LogP contribution in [0.1, 0.15) is 20.8 Å². The monoisotopic (exact) mass is 280 g/mol. The summed E-state index contributed by atoms with van der Waals surface area (Å²) in [5.41, 5.74) is -2.10. The molecule has 100 valence electrons. The van der Waals surface area contributed by atoms with Crippen LogP contribution in [0.15, 0.2) is 0 Å². The molecule has 0 aromatic heterocycles. The van der Waals surface area contributed by atoms with Gasteiger partial charge in [-0.1, -0.05) is 6.92 Å². The molecule has 0 N–H and O–H groups in total. The molecule has 0 saturated carbocycles. The second kappa shape index (κ2) is 4.91. The summed E-state index contributed by atoms with van der Waals surface area (Å²) >= 11 is -0.589. The molecule has 0 spiro atoms. The summed E-state index contributed by atoms with van der Waals surface area (Å²) in [6.07, 6.45) is -10.9. The van der Waals surface area contributed by atoms with Crippen molar-refractivity contribution in [1.82, 2.24) is 0 Å². The van der Waals surface area contributed by atoms with E-state index in [1.807, 2.05) is 0 Å². The Morgan fingerprint density at radius 2 is 1.47 bits per heavy atom. The standard InChI is InChI=1S/C8H11BF6OS/c1-4-17-6(10,7(11,12)13)8(14,15)16-5(2,3)9/h4H2,1-3H3. The fraction of sp³-hybridized carbons (Fsp3) is 1.00. The molecule has 0 saturated heterocycles. The van der Waals surface area contributed by atoms with Gasteiger partial charge in [-0.2, -0.15) is 22.0 Å². The fourth-order valence-electron chi connectivity index (χ4n) is 0.926. The van der Waals surface area contributed by atoms with Crippen molar-refractivity contribution in [2.75, 3.05) is 5.75 Å². The summed E-state index contributed by atoms with van der Waals surface area (Å²) in [4.78, 5) is 0. The van der Waals surface area contributed by atoms with Crippen molar-refractivity contribution in [1.29, 1.82) is 0 Å². The second-order valence-electron chi connectivity index (χ2n) is 3.75. The van der Waals surface area contributed by atoms with Gasteiger partial charge in [0.05, 0.1) is 0 Å². The van der Waals surface area contributed by atoms with Crippen molar-refractivity contribution >= 4 is 19.6 Å². The number of hydrogen-bond acceptors (Lipinski definition) is 2. The Morgan fingerprint density at radius 3 is 1.71 bits per heavy atom. The van der Waals surface area contributed by atoms with E-state index in [1.54, 1.807) is 0 Å². The molecule has 0 fully saturated rings. The smallest absolute Gasteiger partial charge is 0.321 e. The van der Waals surface area contributed by atoms with Crippen molar-refractivity contribution in [3.05, 3.63) is 0 Å². The zero-order chi connectivity index (χ0) is 14.1. The predicted molar refractivity (Wildman–Crippen MR) is 53.9 cm³/mol. The first kappa shape index (κ1) is 17.0. The lowest BCUT2D eigenvalue weighted by Crippen LogP contribution is -2.57. The van der Waals surface area contributed by atoms with E-state index in [0.29, 0.717) is 0 Å². The molecule has 17 heavy (non-hydrogen) atoms. The molecule has 9 heteroatoms. The number of rotatable bonds is 5. The average Bonchev–Trinajstić information content (AvgIpc) is 1.97. The van der Waals surface area contributed by atoms with Gasteiger partial charge < -0.3 is 4.74 Å². The van der Waals surface area contributed by atoms with Crippen LogP contribution in [0.2, 0.25) is 0 Å². The van der Waals surface area contributed by atoms with Crippen LogP contribution in [-0.4, -0.2) is 36.4 Å². The van der Waals surface area contributed by atoms with Crippen molar-refractivity contribution in [3.63, 3.8) is 0 Å². The third-order valence-electron chi connectivity index (χ3n) is 1.47. The van der Waals surface area contributed by atoms with Crippen molar-refractivity contribution < 1.29 is 31.1 Å². The van der Waals surface area contributed by atoms with Gasteiger partial charge in [-0.3, -0.25) is 0 Å². The highest BCUT2D eigenvalue weighted by Crippen LogP contribution is 2.53. The Hall–Kier alpha value is -0.0451. The number of thioether (sulfide) groups is 1. The van der Waals surface area contributed by atoms with E-state index in [0.717, 1.165) is 20.8 Å². The van der Waals surface area contributed by atoms with Crippen molar-refractivity contribution in [2.45, 2.75) is 43.6 Å². The first-order chi connectivity index (χ1) is 7.27. The minimum absolute atomic E-state index is 0.500. The Bertz CT molecular complexity index is 264. The quantitative estimate of drug-likeness (QED) is 0.563. The predicted octanol–water partition coefficient (Wildman–Crippen LogP) is 3.48. The minimum Gasteiger partial charge on any atom is -0.321 e. The van der Waals surface area contributed by atoms with Crippen LogP contribution in [0.4, 0.5) is 26.3 Å². The highest BCUT2D eigenvalue weighted by atomic mass is 32.2. The topological polar surface area (TPSA) is 9.23 Å². The van der Waals surface area contributed by atoms with E-state index in [-0.39, 0.29) is 0 Å². The first-order valence-electron chi connectivity index (χ1n) is 4.53. The summed E-state index contributed by atoms with van der Waals surface area (Å²) < 4.78 is 80.8. The van der Waals surface area contributed by atoms with Crippen LogP contribution >= 0.6 is 11.8 Å². The Balaban J connectivity index is 5.32. The molecule has 0 amide bonds. The van der Waals surface area contributed by atoms with Gasteiger partial charge in [-0.05, 0) is 19.6 Å².